The summed E-state index contributed by atoms with van der Waals surface area (Å²) in [5.74, 6) is -0.269. The fourth-order valence-electron chi connectivity index (χ4n) is 1.70. The van der Waals surface area contributed by atoms with Crippen LogP contribution in [0.25, 0.3) is 0 Å². The molecule has 1 fully saturated rings. The lowest BCUT2D eigenvalue weighted by molar-refractivity contribution is -0.137. The van der Waals surface area contributed by atoms with E-state index in [0.29, 0.717) is 5.57 Å². The van der Waals surface area contributed by atoms with Crippen LogP contribution in [0.15, 0.2) is 10.1 Å². The monoisotopic (exact) mass is 232 g/mol. The first-order valence-corrected chi connectivity index (χ1v) is 4.66. The zero-order valence-corrected chi connectivity index (χ0v) is 8.26. The summed E-state index contributed by atoms with van der Waals surface area (Å²) in [7, 11) is 1.39. The number of carbonyl (C=O) groups excluding carboxylic acids is 1. The molecule has 2 aliphatic heterocycles. The molecule has 0 N–H and O–H groups in total. The summed E-state index contributed by atoms with van der Waals surface area (Å²) in [5.41, 5.74) is 0.675. The maximum absolute atomic E-state index is 11.2. The van der Waals surface area contributed by atoms with Gasteiger partial charge in [0.05, 0.1) is 24.9 Å². The highest BCUT2D eigenvalue weighted by atomic mass is 79.9. The maximum Gasteiger partial charge on any atom is 0.337 e. The van der Waals surface area contributed by atoms with Gasteiger partial charge in [-0.15, -0.1) is 0 Å². The van der Waals surface area contributed by atoms with Crippen LogP contribution in [0.2, 0.25) is 0 Å². The van der Waals surface area contributed by atoms with Crippen molar-refractivity contribution in [2.24, 2.45) is 0 Å². The van der Waals surface area contributed by atoms with Crippen LogP contribution in [0, 0.1) is 0 Å². The lowest BCUT2D eigenvalue weighted by Gasteiger charge is -2.09. The Kier molecular flexibility index (Phi) is 1.96. The smallest absolute Gasteiger partial charge is 0.337 e. The number of halogens is 1. The van der Waals surface area contributed by atoms with Crippen LogP contribution < -0.4 is 0 Å². The highest BCUT2D eigenvalue weighted by Gasteiger charge is 2.42. The number of hydrogen-bond acceptors (Lipinski definition) is 3. The minimum atomic E-state index is -0.269. The largest absolute Gasteiger partial charge is 0.466 e. The van der Waals surface area contributed by atoms with Gasteiger partial charge in [-0.25, -0.2) is 4.79 Å². The average Bonchev–Trinajstić information content (AvgIpc) is 2.63. The molecule has 0 aromatic carbocycles. The van der Waals surface area contributed by atoms with Crippen molar-refractivity contribution in [1.29, 1.82) is 0 Å². The lowest BCUT2D eigenvalue weighted by Crippen LogP contribution is -2.16. The van der Waals surface area contributed by atoms with E-state index >= 15 is 0 Å². The molecule has 0 radical (unpaired) electrons. The second-order valence-corrected chi connectivity index (χ2v) is 3.80. The van der Waals surface area contributed by atoms with Crippen LogP contribution in [0.4, 0.5) is 0 Å². The zero-order valence-electron chi connectivity index (χ0n) is 6.67. The fraction of sp³-hybridized carbons (Fsp3) is 0.625. The molecule has 66 valence electrons. The predicted octanol–water partition coefficient (Wildman–Crippen LogP) is 1.37. The van der Waals surface area contributed by atoms with Crippen LogP contribution >= 0.6 is 15.9 Å². The molecule has 0 amide bonds. The molecule has 0 aromatic heterocycles. The van der Waals surface area contributed by atoms with Crippen molar-refractivity contribution >= 4 is 21.9 Å². The molecule has 0 aliphatic carbocycles. The molecule has 2 aliphatic rings. The minimum Gasteiger partial charge on any atom is -0.466 e. The molecule has 2 bridgehead atoms. The lowest BCUT2D eigenvalue weighted by atomic mass is 10.00. The van der Waals surface area contributed by atoms with Gasteiger partial charge < -0.3 is 9.47 Å². The number of fused-ring (bicyclic) bond motifs is 2. The zero-order chi connectivity index (χ0) is 8.72. The van der Waals surface area contributed by atoms with Crippen molar-refractivity contribution in [2.75, 3.05) is 7.11 Å². The van der Waals surface area contributed by atoms with Crippen molar-refractivity contribution in [3.05, 3.63) is 10.1 Å². The van der Waals surface area contributed by atoms with Gasteiger partial charge in [0.15, 0.2) is 0 Å². The standard InChI is InChI=1S/C8H9BrO3/c1-11-8(10)6-4-2-3-5(12-4)7(6)9/h4-5H,2-3H2,1H3/t4-,5+/m1/s1. The van der Waals surface area contributed by atoms with Crippen LogP contribution in [-0.4, -0.2) is 25.3 Å². The normalized spacial score (nSPS) is 32.8. The van der Waals surface area contributed by atoms with Crippen molar-refractivity contribution < 1.29 is 14.3 Å². The Morgan fingerprint density at radius 2 is 2.25 bits per heavy atom. The molecule has 0 aromatic rings. The minimum absolute atomic E-state index is 0.0307. The summed E-state index contributed by atoms with van der Waals surface area (Å²) in [6, 6.07) is 0. The van der Waals surface area contributed by atoms with E-state index < -0.39 is 0 Å². The predicted molar refractivity (Wildman–Crippen MR) is 45.9 cm³/mol. The van der Waals surface area contributed by atoms with E-state index in [1.807, 2.05) is 0 Å². The van der Waals surface area contributed by atoms with Gasteiger partial charge in [0.2, 0.25) is 0 Å². The molecule has 0 unspecified atom stereocenters. The van der Waals surface area contributed by atoms with Crippen LogP contribution in [0.3, 0.4) is 0 Å². The molecule has 3 nitrogen and oxygen atoms in total. The fourth-order valence-corrected chi connectivity index (χ4v) is 2.46. The number of carbonyl (C=O) groups is 1. The summed E-state index contributed by atoms with van der Waals surface area (Å²) in [5, 5.41) is 0. The molecule has 2 atom stereocenters. The molecular formula is C8H9BrO3. The van der Waals surface area contributed by atoms with Gasteiger partial charge in [-0.3, -0.25) is 0 Å². The summed E-state index contributed by atoms with van der Waals surface area (Å²) in [6.45, 7) is 0. The molecule has 2 heterocycles. The third-order valence-corrected chi connectivity index (χ3v) is 3.22. The Morgan fingerprint density at radius 3 is 2.75 bits per heavy atom. The SMILES string of the molecule is COC(=O)C1=C(Br)[C@@H]2CC[C@H]1O2. The van der Waals surface area contributed by atoms with Crippen LogP contribution in [0.1, 0.15) is 12.8 Å². The summed E-state index contributed by atoms with van der Waals surface area (Å²) < 4.78 is 11.0. The van der Waals surface area contributed by atoms with E-state index in [4.69, 9.17) is 4.74 Å². The van der Waals surface area contributed by atoms with Gasteiger partial charge in [-0.1, -0.05) is 15.9 Å². The molecule has 0 saturated carbocycles. The Bertz CT molecular complexity index is 259. The Hall–Kier alpha value is -0.350. The van der Waals surface area contributed by atoms with Gasteiger partial charge in [-0.2, -0.15) is 0 Å². The van der Waals surface area contributed by atoms with Crippen molar-refractivity contribution in [3.63, 3.8) is 0 Å². The van der Waals surface area contributed by atoms with Gasteiger partial charge in [0.25, 0.3) is 0 Å². The van der Waals surface area contributed by atoms with E-state index in [1.54, 1.807) is 0 Å². The second kappa shape index (κ2) is 2.85. The first-order chi connectivity index (χ1) is 5.74. The number of rotatable bonds is 1. The molecule has 0 spiro atoms. The van der Waals surface area contributed by atoms with Gasteiger partial charge in [-0.05, 0) is 12.8 Å². The molecular weight excluding hydrogens is 224 g/mol. The quantitative estimate of drug-likeness (QED) is 0.641. The molecule has 12 heavy (non-hydrogen) atoms. The van der Waals surface area contributed by atoms with E-state index in [1.165, 1.54) is 7.11 Å². The number of ether oxygens (including phenoxy) is 2. The van der Waals surface area contributed by atoms with Crippen molar-refractivity contribution in [1.82, 2.24) is 0 Å². The molecule has 2 rings (SSSR count). The third-order valence-electron chi connectivity index (χ3n) is 2.29. The van der Waals surface area contributed by atoms with Crippen molar-refractivity contribution in [2.45, 2.75) is 25.0 Å². The number of methoxy groups -OCH3 is 1. The highest BCUT2D eigenvalue weighted by Crippen LogP contribution is 2.42. The Morgan fingerprint density at radius 1 is 1.58 bits per heavy atom. The van der Waals surface area contributed by atoms with E-state index in [9.17, 15) is 4.79 Å². The molecule has 1 saturated heterocycles. The van der Waals surface area contributed by atoms with Crippen molar-refractivity contribution in [3.8, 4) is 0 Å². The number of esters is 1. The van der Waals surface area contributed by atoms with Gasteiger partial charge >= 0.3 is 5.97 Å². The molecule has 4 heteroatoms. The van der Waals surface area contributed by atoms with E-state index in [2.05, 4.69) is 20.7 Å². The third kappa shape index (κ3) is 1.02. The van der Waals surface area contributed by atoms with Gasteiger partial charge in [0, 0.05) is 4.48 Å². The Labute approximate surface area is 78.8 Å². The van der Waals surface area contributed by atoms with E-state index in [-0.39, 0.29) is 18.2 Å². The first kappa shape index (κ1) is 8.26. The summed E-state index contributed by atoms with van der Waals surface area (Å²) in [4.78, 5) is 11.2. The Balaban J connectivity index is 2.29. The maximum atomic E-state index is 11.2. The van der Waals surface area contributed by atoms with E-state index in [0.717, 1.165) is 17.3 Å². The number of hydrogen-bond donors (Lipinski definition) is 0. The van der Waals surface area contributed by atoms with Crippen LogP contribution in [-0.2, 0) is 14.3 Å². The average molecular weight is 233 g/mol. The topological polar surface area (TPSA) is 35.5 Å². The second-order valence-electron chi connectivity index (χ2n) is 2.94. The summed E-state index contributed by atoms with van der Waals surface area (Å²) in [6.07, 6.45) is 2.01. The van der Waals surface area contributed by atoms with Gasteiger partial charge in [0.1, 0.15) is 0 Å². The van der Waals surface area contributed by atoms with Crippen LogP contribution in [0.5, 0.6) is 0 Å². The summed E-state index contributed by atoms with van der Waals surface area (Å²) >= 11 is 3.36. The first-order valence-electron chi connectivity index (χ1n) is 3.87. The highest BCUT2D eigenvalue weighted by molar-refractivity contribution is 9.11.